The average molecular weight is 1090 g/mol. The number of likely N-dealkylation sites (tertiary alicyclic amines) is 2. The van der Waals surface area contributed by atoms with Gasteiger partial charge in [0.15, 0.2) is 11.6 Å². The van der Waals surface area contributed by atoms with E-state index in [-0.39, 0.29) is 71.5 Å². The first-order chi connectivity index (χ1) is 38.6. The van der Waals surface area contributed by atoms with Crippen molar-refractivity contribution in [1.29, 1.82) is 0 Å². The number of ether oxygens (including phenoxy) is 1. The number of H-pyrrole nitrogens is 2. The molecule has 2 aliphatic carbocycles. The van der Waals surface area contributed by atoms with Crippen LogP contribution >= 0.6 is 0 Å². The summed E-state index contributed by atoms with van der Waals surface area (Å²) in [6.45, 7) is 8.60. The van der Waals surface area contributed by atoms with E-state index in [2.05, 4.69) is 55.8 Å². The maximum absolute atomic E-state index is 17.0. The van der Waals surface area contributed by atoms with Gasteiger partial charge in [-0.3, -0.25) is 9.59 Å². The number of benzene rings is 4. The molecule has 4 aromatic carbocycles. The number of amides is 4. The summed E-state index contributed by atoms with van der Waals surface area (Å²) in [5.41, 5.74) is 6.58. The largest absolute Gasteiger partial charge is 0.465 e. The number of carbonyl (C=O) groups is 4. The number of nitrogens with zero attached hydrogens (tertiary/aromatic N) is 6. The molecule has 18 heteroatoms. The van der Waals surface area contributed by atoms with Crippen molar-refractivity contribution in [3.05, 3.63) is 119 Å². The highest BCUT2D eigenvalue weighted by molar-refractivity contribution is 5.88. The molecule has 2 saturated carbocycles. The Morgan fingerprint density at radius 3 is 1.60 bits per heavy atom. The Labute approximate surface area is 465 Å². The molecule has 4 saturated heterocycles. The minimum Gasteiger partial charge on any atom is -0.465 e. The van der Waals surface area contributed by atoms with Crippen LogP contribution in [0, 0.1) is 35.3 Å². The fraction of sp³-hybridized carbons (Fsp3) is 0.516. The fourth-order valence-electron chi connectivity index (χ4n) is 15.2. The van der Waals surface area contributed by atoms with Crippen LogP contribution in [0.25, 0.3) is 22.1 Å². The molecule has 0 bridgehead atoms. The lowest BCUT2D eigenvalue weighted by molar-refractivity contribution is -0.138. The number of aromatic amines is 2. The minimum absolute atomic E-state index is 0.00131. The Morgan fingerprint density at radius 1 is 0.625 bits per heavy atom. The second-order valence-corrected chi connectivity index (χ2v) is 24.3. The highest BCUT2D eigenvalue weighted by Crippen LogP contribution is 2.52. The van der Waals surface area contributed by atoms with E-state index in [0.717, 1.165) is 97.4 Å². The number of halogens is 2. The number of piperidine rings is 1. The van der Waals surface area contributed by atoms with Gasteiger partial charge >= 0.3 is 12.2 Å². The Balaban J connectivity index is 0.878. The highest BCUT2D eigenvalue weighted by atomic mass is 19.1. The Hall–Kier alpha value is -7.24. The van der Waals surface area contributed by atoms with Crippen LogP contribution in [0.15, 0.2) is 78.9 Å². The topological polar surface area (TPSA) is 192 Å². The molecule has 12 rings (SSSR count). The van der Waals surface area contributed by atoms with Gasteiger partial charge in [0, 0.05) is 30.9 Å². The third-order valence-corrected chi connectivity index (χ3v) is 19.0. The van der Waals surface area contributed by atoms with Crippen LogP contribution in [-0.2, 0) is 14.3 Å². The van der Waals surface area contributed by atoms with E-state index in [4.69, 9.17) is 14.7 Å². The Bertz CT molecular complexity index is 3280. The molecule has 0 radical (unpaired) electrons. The number of methoxy groups -OCH3 is 1. The third-order valence-electron chi connectivity index (χ3n) is 19.0. The summed E-state index contributed by atoms with van der Waals surface area (Å²) in [7, 11) is 1.30. The number of aromatic nitrogens is 4. The summed E-state index contributed by atoms with van der Waals surface area (Å²) in [6, 6.07) is 22.6. The average Bonchev–Trinajstić information content (AvgIpc) is 4.45. The molecule has 6 aliphatic rings. The number of hydrogen-bond acceptors (Lipinski definition) is 9. The molecule has 80 heavy (non-hydrogen) atoms. The van der Waals surface area contributed by atoms with Gasteiger partial charge in [-0.2, -0.15) is 0 Å². The maximum atomic E-state index is 17.0. The summed E-state index contributed by atoms with van der Waals surface area (Å²) >= 11 is 0. The molecule has 0 spiro atoms. The number of hydrogen-bond donors (Lipinski definition) is 5. The van der Waals surface area contributed by atoms with E-state index in [0.29, 0.717) is 55.1 Å². The summed E-state index contributed by atoms with van der Waals surface area (Å²) in [5, 5.41) is 15.0. The molecule has 4 amide bonds. The molecule has 4 aliphatic heterocycles. The quantitative estimate of drug-likeness (QED) is 0.0743. The van der Waals surface area contributed by atoms with E-state index in [1.165, 1.54) is 24.8 Å². The van der Waals surface area contributed by atoms with Crippen LogP contribution in [0.1, 0.15) is 163 Å². The van der Waals surface area contributed by atoms with Gasteiger partial charge in [-0.05, 0) is 147 Å². The molecular weight excluding hydrogens is 1020 g/mol. The van der Waals surface area contributed by atoms with Crippen molar-refractivity contribution in [3.8, 4) is 0 Å². The van der Waals surface area contributed by atoms with Crippen LogP contribution in [0.5, 0.6) is 0 Å². The number of nitrogens with one attached hydrogen (secondary N) is 4. The van der Waals surface area contributed by atoms with Gasteiger partial charge in [0.25, 0.3) is 0 Å². The molecule has 10 atom stereocenters. The second kappa shape index (κ2) is 21.7. The number of alkyl carbamates (subject to hydrolysis) is 1. The summed E-state index contributed by atoms with van der Waals surface area (Å²) in [5.74, 6) is 0.242. The molecule has 16 nitrogen and oxygen atoms in total. The normalized spacial score (nSPS) is 25.7. The summed E-state index contributed by atoms with van der Waals surface area (Å²) < 4.78 is 38.9. The van der Waals surface area contributed by atoms with Crippen LogP contribution in [-0.4, -0.2) is 103 Å². The van der Waals surface area contributed by atoms with Gasteiger partial charge in [0.05, 0.1) is 53.3 Å². The van der Waals surface area contributed by atoms with E-state index in [1.54, 1.807) is 0 Å². The smallest absolute Gasteiger partial charge is 0.407 e. The highest BCUT2D eigenvalue weighted by Gasteiger charge is 2.51. The van der Waals surface area contributed by atoms with Crippen molar-refractivity contribution in [2.45, 2.75) is 159 Å². The van der Waals surface area contributed by atoms with Crippen LogP contribution in [0.3, 0.4) is 0 Å². The lowest BCUT2D eigenvalue weighted by Gasteiger charge is -2.36. The maximum Gasteiger partial charge on any atom is 0.407 e. The van der Waals surface area contributed by atoms with Gasteiger partial charge in [-0.15, -0.1) is 0 Å². The van der Waals surface area contributed by atoms with Crippen LogP contribution in [0.2, 0.25) is 0 Å². The SMILES string of the molecule is COC(=O)N[C@H](C(=O)N1[C@H](c2nc3ccc([C@H]4CC[C@H](c5ccc6nc([C@@H]7C[C@@H]8CCC[C@@H]8N7C(=O)[C@@H](NC(=O)O)C(C)C)[nH]c6c5)N4c4cc(F)c(N5CCC(c6ccccc6)CC5)c(F)c4)cc3[nH]2)C[C@@H]2CCC[C@@H]21)C(C)C. The van der Waals surface area contributed by atoms with E-state index >= 15 is 8.78 Å². The monoisotopic (exact) mass is 1090 g/mol. The van der Waals surface area contributed by atoms with Gasteiger partial charge < -0.3 is 50.0 Å². The number of imidazole rings is 2. The van der Waals surface area contributed by atoms with Gasteiger partial charge in [0.1, 0.15) is 29.4 Å². The molecule has 6 heterocycles. The molecule has 2 aromatic heterocycles. The van der Waals surface area contributed by atoms with Crippen molar-refractivity contribution < 1.29 is 37.8 Å². The first kappa shape index (κ1) is 53.4. The fourth-order valence-corrected chi connectivity index (χ4v) is 15.2. The molecular formula is C62H74F2N10O6. The van der Waals surface area contributed by atoms with Crippen molar-refractivity contribution in [2.24, 2.45) is 23.7 Å². The summed E-state index contributed by atoms with van der Waals surface area (Å²) in [4.78, 5) is 78.6. The standard InChI is InChI=1S/C62H74F2N10O6/c1-33(2)54(69-61(77)78)59(75)73-48-15-9-13-37(48)29-52(73)57-65-44-19-17-39(27-46(44)67-57)50-21-22-51(72(50)41-31-42(63)56(43(64)32-41)71-25-23-36(24-26-71)35-11-7-6-8-12-35)40-18-20-45-47(28-40)68-58(66-45)53-30-38-14-10-16-49(38)74(53)60(76)55(34(3)4)70-62(79)80-5/h6-8,11-12,17-20,27-28,31-34,36-38,48-55,69H,9-10,13-16,21-26,29-30H2,1-5H3,(H,65,67)(H,66,68)(H,70,79)(H,77,78)/t37-,38-,48-,49-,50+,51+,52-,53-,54-,55-/m0/s1. The predicted octanol–water partition coefficient (Wildman–Crippen LogP) is 11.7. The molecule has 6 fully saturated rings. The zero-order chi connectivity index (χ0) is 55.7. The molecule has 422 valence electrons. The number of anilines is 2. The van der Waals surface area contributed by atoms with Gasteiger partial charge in [-0.1, -0.05) is 83.0 Å². The minimum atomic E-state index is -1.23. The van der Waals surface area contributed by atoms with E-state index < -0.39 is 35.9 Å². The van der Waals surface area contributed by atoms with Crippen LogP contribution in [0.4, 0.5) is 29.7 Å². The second-order valence-electron chi connectivity index (χ2n) is 24.3. The van der Waals surface area contributed by atoms with Crippen molar-refractivity contribution in [3.63, 3.8) is 0 Å². The van der Waals surface area contributed by atoms with E-state index in [9.17, 15) is 24.3 Å². The van der Waals surface area contributed by atoms with Crippen molar-refractivity contribution in [2.75, 3.05) is 30.0 Å². The first-order valence-corrected chi connectivity index (χ1v) is 29.2. The zero-order valence-corrected chi connectivity index (χ0v) is 46.3. The molecule has 5 N–H and O–H groups in total. The number of rotatable bonds is 13. The Morgan fingerprint density at radius 2 is 1.12 bits per heavy atom. The molecule has 6 aromatic rings. The lowest BCUT2D eigenvalue weighted by Crippen LogP contribution is -2.53. The predicted molar refractivity (Wildman–Crippen MR) is 301 cm³/mol. The molecule has 0 unspecified atom stereocenters. The Kier molecular flexibility index (Phi) is 14.5. The first-order valence-electron chi connectivity index (χ1n) is 29.2. The van der Waals surface area contributed by atoms with Crippen molar-refractivity contribution >= 4 is 57.4 Å². The van der Waals surface area contributed by atoms with Gasteiger partial charge in [0.2, 0.25) is 11.8 Å². The number of fused-ring (bicyclic) bond motifs is 4. The van der Waals surface area contributed by atoms with Gasteiger partial charge in [-0.25, -0.2) is 28.3 Å². The van der Waals surface area contributed by atoms with Crippen LogP contribution < -0.4 is 20.4 Å². The summed E-state index contributed by atoms with van der Waals surface area (Å²) in [6.07, 6.45) is 8.30. The number of carbonyl (C=O) groups excluding carboxylic acids is 3. The lowest BCUT2D eigenvalue weighted by atomic mass is 9.89. The zero-order valence-electron chi connectivity index (χ0n) is 46.3. The third kappa shape index (κ3) is 9.77. The number of carboxylic acid groups (broad SMARTS) is 1. The van der Waals surface area contributed by atoms with E-state index in [1.807, 2.05) is 78.8 Å². The van der Waals surface area contributed by atoms with Crippen molar-refractivity contribution in [1.82, 2.24) is 40.4 Å².